The van der Waals surface area contributed by atoms with Crippen LogP contribution in [0.15, 0.2) is 48.8 Å². The number of rotatable bonds is 4. The highest BCUT2D eigenvalue weighted by molar-refractivity contribution is 7.80. The lowest BCUT2D eigenvalue weighted by molar-refractivity contribution is 0.687. The van der Waals surface area contributed by atoms with Gasteiger partial charge in [0.1, 0.15) is 0 Å². The zero-order chi connectivity index (χ0) is 18.7. The molecule has 1 aromatic heterocycles. The first-order chi connectivity index (χ1) is 12.4. The SMILES string of the molecule is S=C(Nc1cc(Cl)cc(Cl)c1)Nc1cnn(Cc2ccc(Cl)cc2Cl)c1. The van der Waals surface area contributed by atoms with Crippen molar-refractivity contribution < 1.29 is 0 Å². The number of aromatic nitrogens is 2. The van der Waals surface area contributed by atoms with Gasteiger partial charge in [-0.25, -0.2) is 0 Å². The van der Waals surface area contributed by atoms with E-state index >= 15 is 0 Å². The van der Waals surface area contributed by atoms with Gasteiger partial charge in [0.2, 0.25) is 0 Å². The molecule has 0 aliphatic carbocycles. The zero-order valence-corrected chi connectivity index (χ0v) is 17.0. The maximum atomic E-state index is 6.19. The van der Waals surface area contributed by atoms with E-state index in [-0.39, 0.29) is 0 Å². The molecular weight excluding hydrogens is 434 g/mol. The summed E-state index contributed by atoms with van der Waals surface area (Å²) in [6.07, 6.45) is 3.49. The van der Waals surface area contributed by atoms with E-state index in [0.717, 1.165) is 11.3 Å². The van der Waals surface area contributed by atoms with Crippen LogP contribution in [0.5, 0.6) is 0 Å². The van der Waals surface area contributed by atoms with Crippen molar-refractivity contribution in [1.82, 2.24) is 9.78 Å². The van der Waals surface area contributed by atoms with Gasteiger partial charge in [-0.2, -0.15) is 5.10 Å². The summed E-state index contributed by atoms with van der Waals surface area (Å²) in [4.78, 5) is 0. The zero-order valence-electron chi connectivity index (χ0n) is 13.1. The lowest BCUT2D eigenvalue weighted by Gasteiger charge is -2.09. The van der Waals surface area contributed by atoms with Gasteiger partial charge in [-0.1, -0.05) is 52.5 Å². The van der Waals surface area contributed by atoms with Crippen molar-refractivity contribution in [3.05, 3.63) is 74.4 Å². The van der Waals surface area contributed by atoms with Crippen molar-refractivity contribution >= 4 is 75.1 Å². The molecule has 3 rings (SSSR count). The Morgan fingerprint density at radius 3 is 2.31 bits per heavy atom. The third-order valence-corrected chi connectivity index (χ3v) is 4.59. The van der Waals surface area contributed by atoms with E-state index in [1.807, 2.05) is 12.3 Å². The minimum atomic E-state index is 0.396. The molecule has 0 spiro atoms. The molecule has 0 amide bonds. The summed E-state index contributed by atoms with van der Waals surface area (Å²) in [7, 11) is 0. The van der Waals surface area contributed by atoms with Crippen molar-refractivity contribution in [2.45, 2.75) is 6.54 Å². The van der Waals surface area contributed by atoms with E-state index in [0.29, 0.717) is 37.4 Å². The number of benzene rings is 2. The van der Waals surface area contributed by atoms with Crippen LogP contribution in [-0.4, -0.2) is 14.9 Å². The highest BCUT2D eigenvalue weighted by Crippen LogP contribution is 2.23. The van der Waals surface area contributed by atoms with E-state index < -0.39 is 0 Å². The number of anilines is 2. The molecule has 0 aliphatic heterocycles. The topological polar surface area (TPSA) is 41.9 Å². The lowest BCUT2D eigenvalue weighted by Crippen LogP contribution is -2.18. The molecule has 0 atom stereocenters. The molecule has 0 unspecified atom stereocenters. The molecular formula is C17H12Cl4N4S. The summed E-state index contributed by atoms with van der Waals surface area (Å²) in [5.41, 5.74) is 2.35. The highest BCUT2D eigenvalue weighted by Gasteiger charge is 2.06. The molecule has 26 heavy (non-hydrogen) atoms. The fourth-order valence-corrected chi connectivity index (χ4v) is 3.49. The predicted molar refractivity (Wildman–Crippen MR) is 114 cm³/mol. The minimum Gasteiger partial charge on any atom is -0.332 e. The molecule has 0 aliphatic rings. The summed E-state index contributed by atoms with van der Waals surface area (Å²) in [5, 5.41) is 13.0. The highest BCUT2D eigenvalue weighted by atomic mass is 35.5. The molecule has 2 aromatic carbocycles. The van der Waals surface area contributed by atoms with Crippen molar-refractivity contribution in [1.29, 1.82) is 0 Å². The summed E-state index contributed by atoms with van der Waals surface area (Å²) >= 11 is 29.4. The molecule has 9 heteroatoms. The molecule has 3 aromatic rings. The Balaban J connectivity index is 1.63. The van der Waals surface area contributed by atoms with Crippen LogP contribution in [-0.2, 0) is 6.54 Å². The van der Waals surface area contributed by atoms with E-state index in [2.05, 4.69) is 15.7 Å². The van der Waals surface area contributed by atoms with Crippen LogP contribution in [0.1, 0.15) is 5.56 Å². The quantitative estimate of drug-likeness (QED) is 0.458. The number of thiocarbonyl (C=S) groups is 1. The van der Waals surface area contributed by atoms with Crippen molar-refractivity contribution in [3.63, 3.8) is 0 Å². The number of nitrogens with zero attached hydrogens (tertiary/aromatic N) is 2. The Morgan fingerprint density at radius 2 is 1.62 bits per heavy atom. The Hall–Kier alpha value is -1.50. The summed E-state index contributed by atoms with van der Waals surface area (Å²) in [6.45, 7) is 0.516. The van der Waals surface area contributed by atoms with Crippen molar-refractivity contribution in [2.75, 3.05) is 10.6 Å². The summed E-state index contributed by atoms with van der Waals surface area (Å²) in [5.74, 6) is 0. The Morgan fingerprint density at radius 1 is 0.923 bits per heavy atom. The lowest BCUT2D eigenvalue weighted by atomic mass is 10.2. The van der Waals surface area contributed by atoms with E-state index in [1.165, 1.54) is 0 Å². The molecule has 134 valence electrons. The first-order valence-electron chi connectivity index (χ1n) is 7.39. The van der Waals surface area contributed by atoms with Gasteiger partial charge in [0.25, 0.3) is 0 Å². The molecule has 4 nitrogen and oxygen atoms in total. The molecule has 2 N–H and O–H groups in total. The average Bonchev–Trinajstić information content (AvgIpc) is 2.96. The first-order valence-corrected chi connectivity index (χ1v) is 9.31. The number of nitrogens with one attached hydrogen (secondary N) is 2. The van der Waals surface area contributed by atoms with E-state index in [9.17, 15) is 0 Å². The van der Waals surface area contributed by atoms with Crippen LogP contribution in [0.3, 0.4) is 0 Å². The van der Waals surface area contributed by atoms with Gasteiger partial charge >= 0.3 is 0 Å². The maximum Gasteiger partial charge on any atom is 0.175 e. The number of halogens is 4. The van der Waals surface area contributed by atoms with Gasteiger partial charge in [-0.15, -0.1) is 0 Å². The maximum absolute atomic E-state index is 6.19. The Bertz CT molecular complexity index is 937. The second-order valence-corrected chi connectivity index (χ2v) is 7.52. The predicted octanol–water partition coefficient (Wildman–Crippen LogP) is 6.35. The minimum absolute atomic E-state index is 0.396. The number of hydrogen-bond acceptors (Lipinski definition) is 2. The van der Waals surface area contributed by atoms with Crippen LogP contribution in [0.25, 0.3) is 0 Å². The van der Waals surface area contributed by atoms with E-state index in [4.69, 9.17) is 58.6 Å². The second kappa shape index (κ2) is 8.46. The van der Waals surface area contributed by atoms with Gasteiger partial charge < -0.3 is 10.6 Å². The molecule has 1 heterocycles. The summed E-state index contributed by atoms with van der Waals surface area (Å²) in [6, 6.07) is 10.5. The standard InChI is InChI=1S/C17H12Cl4N4S/c18-11-2-1-10(16(21)6-11)8-25-9-15(7-22-25)24-17(26)23-14-4-12(19)3-13(20)5-14/h1-7,9H,8H2,(H2,23,24,26). The average molecular weight is 446 g/mol. The van der Waals surface area contributed by atoms with Crippen LogP contribution < -0.4 is 10.6 Å². The molecule has 0 fully saturated rings. The fourth-order valence-electron chi connectivity index (χ4n) is 2.26. The van der Waals surface area contributed by atoms with Crippen LogP contribution in [0.4, 0.5) is 11.4 Å². The summed E-state index contributed by atoms with van der Waals surface area (Å²) < 4.78 is 1.75. The van der Waals surface area contributed by atoms with Gasteiger partial charge in [-0.3, -0.25) is 4.68 Å². The Labute approximate surface area is 176 Å². The molecule has 0 saturated heterocycles. The largest absolute Gasteiger partial charge is 0.332 e. The van der Waals surface area contributed by atoms with Crippen LogP contribution >= 0.6 is 58.6 Å². The van der Waals surface area contributed by atoms with Crippen molar-refractivity contribution in [3.8, 4) is 0 Å². The van der Waals surface area contributed by atoms with Gasteiger partial charge in [0.15, 0.2) is 5.11 Å². The molecule has 0 radical (unpaired) electrons. The normalized spacial score (nSPS) is 10.6. The Kier molecular flexibility index (Phi) is 6.27. The third-order valence-electron chi connectivity index (χ3n) is 3.36. The van der Waals surface area contributed by atoms with Gasteiger partial charge in [0, 0.05) is 32.0 Å². The molecule has 0 saturated carbocycles. The monoisotopic (exact) mass is 444 g/mol. The number of hydrogen-bond donors (Lipinski definition) is 2. The van der Waals surface area contributed by atoms with Crippen molar-refractivity contribution in [2.24, 2.45) is 0 Å². The smallest absolute Gasteiger partial charge is 0.175 e. The van der Waals surface area contributed by atoms with Gasteiger partial charge in [-0.05, 0) is 48.1 Å². The fraction of sp³-hybridized carbons (Fsp3) is 0.0588. The third kappa shape index (κ3) is 5.25. The van der Waals surface area contributed by atoms with Gasteiger partial charge in [0.05, 0.1) is 18.4 Å². The van der Waals surface area contributed by atoms with Crippen LogP contribution in [0, 0.1) is 0 Å². The van der Waals surface area contributed by atoms with Crippen LogP contribution in [0.2, 0.25) is 20.1 Å². The second-order valence-electron chi connectivity index (χ2n) is 5.40. The van der Waals surface area contributed by atoms with E-state index in [1.54, 1.807) is 41.2 Å². The molecule has 0 bridgehead atoms. The first kappa shape index (κ1) is 19.3.